The number of carbonyl (C=O) groups excluding carboxylic acids is 1. The molecule has 0 spiro atoms. The van der Waals surface area contributed by atoms with Crippen molar-refractivity contribution >= 4 is 23.7 Å². The fraction of sp³-hybridized carbons (Fsp3) is 0.556. The first-order valence-corrected chi connectivity index (χ1v) is 8.74. The van der Waals surface area contributed by atoms with Gasteiger partial charge in [-0.3, -0.25) is 0 Å². The number of halogens is 2. The zero-order chi connectivity index (χ0) is 19.6. The van der Waals surface area contributed by atoms with E-state index in [0.29, 0.717) is 12.8 Å². The van der Waals surface area contributed by atoms with E-state index in [-0.39, 0.29) is 28.9 Å². The van der Waals surface area contributed by atoms with Gasteiger partial charge in [-0.1, -0.05) is 11.6 Å². The highest BCUT2D eigenvalue weighted by Crippen LogP contribution is 2.31. The third kappa shape index (κ3) is 5.00. The van der Waals surface area contributed by atoms with Crippen molar-refractivity contribution in [1.82, 2.24) is 4.90 Å². The molecule has 0 aliphatic carbocycles. The molecule has 1 aromatic carbocycles. The molecule has 0 radical (unpaired) electrons. The van der Waals surface area contributed by atoms with Crippen LogP contribution in [0.2, 0.25) is 5.02 Å². The number of hydrogen-bond donors (Lipinski definition) is 1. The van der Waals surface area contributed by atoms with Crippen LogP contribution in [-0.4, -0.2) is 46.4 Å². The summed E-state index contributed by atoms with van der Waals surface area (Å²) in [7, 11) is 0. The average molecular weight is 388 g/mol. The Kier molecular flexibility index (Phi) is 6.01. The monoisotopic (exact) mass is 387 g/mol. The number of rotatable bonds is 3. The van der Waals surface area contributed by atoms with Gasteiger partial charge >= 0.3 is 12.1 Å². The minimum absolute atomic E-state index is 0.0627. The van der Waals surface area contributed by atoms with Crippen LogP contribution in [0.1, 0.15) is 50.9 Å². The van der Waals surface area contributed by atoms with E-state index in [1.807, 2.05) is 6.92 Å². The minimum atomic E-state index is -1.02. The molecule has 1 saturated heterocycles. The van der Waals surface area contributed by atoms with Crippen molar-refractivity contribution in [3.05, 3.63) is 28.5 Å². The molecular formula is C18H23ClFNO5. The van der Waals surface area contributed by atoms with Gasteiger partial charge in [0, 0.05) is 12.1 Å². The number of benzene rings is 1. The predicted molar refractivity (Wildman–Crippen MR) is 94.4 cm³/mol. The highest BCUT2D eigenvalue weighted by molar-refractivity contribution is 6.32. The number of esters is 1. The molecule has 1 heterocycles. The number of likely N-dealkylation sites (tertiary alicyclic amines) is 1. The molecule has 1 aliphatic heterocycles. The van der Waals surface area contributed by atoms with Gasteiger partial charge in [-0.05, 0) is 46.6 Å². The Labute approximate surface area is 156 Å². The fourth-order valence-corrected chi connectivity index (χ4v) is 2.93. The van der Waals surface area contributed by atoms with Crippen LogP contribution in [-0.2, 0) is 4.74 Å². The number of ether oxygens (including phenoxy) is 2. The molecule has 0 aromatic heterocycles. The van der Waals surface area contributed by atoms with E-state index in [4.69, 9.17) is 21.1 Å². The van der Waals surface area contributed by atoms with Gasteiger partial charge in [0.15, 0.2) is 0 Å². The highest BCUT2D eigenvalue weighted by atomic mass is 35.5. The zero-order valence-corrected chi connectivity index (χ0v) is 16.0. The number of amides is 1. The van der Waals surface area contributed by atoms with Gasteiger partial charge < -0.3 is 19.5 Å². The maximum absolute atomic E-state index is 14.3. The van der Waals surface area contributed by atoms with Crippen LogP contribution in [0.5, 0.6) is 5.75 Å². The van der Waals surface area contributed by atoms with Crippen LogP contribution in [0.3, 0.4) is 0 Å². The maximum Gasteiger partial charge on any atom is 0.407 e. The van der Waals surface area contributed by atoms with Crippen molar-refractivity contribution in [3.8, 4) is 5.75 Å². The lowest BCUT2D eigenvalue weighted by atomic mass is 10.0. The molecule has 26 heavy (non-hydrogen) atoms. The Hall–Kier alpha value is -2.02. The summed E-state index contributed by atoms with van der Waals surface area (Å²) in [5.41, 5.74) is -1.04. The molecule has 8 heteroatoms. The van der Waals surface area contributed by atoms with Gasteiger partial charge in [0.25, 0.3) is 0 Å². The Morgan fingerprint density at radius 2 is 1.96 bits per heavy atom. The first-order valence-electron chi connectivity index (χ1n) is 8.36. The standard InChI is InChI=1S/C18H23ClFNO5/c1-10-5-6-11(9-21(10)17(23)24)25-15-8-14(20)12(7-13(15)19)16(22)26-18(2,3)4/h7-8,10-11H,5-6,9H2,1-4H3,(H,23,24)/t10-,11-/m1/s1. The first-order chi connectivity index (χ1) is 12.0. The molecular weight excluding hydrogens is 365 g/mol. The lowest BCUT2D eigenvalue weighted by molar-refractivity contribution is 0.00642. The smallest absolute Gasteiger partial charge is 0.407 e. The van der Waals surface area contributed by atoms with Gasteiger partial charge in [-0.2, -0.15) is 0 Å². The van der Waals surface area contributed by atoms with Gasteiger partial charge in [-0.15, -0.1) is 0 Å². The molecule has 0 saturated carbocycles. The Morgan fingerprint density at radius 3 is 2.54 bits per heavy atom. The third-order valence-electron chi connectivity index (χ3n) is 4.02. The maximum atomic E-state index is 14.3. The lowest BCUT2D eigenvalue weighted by Crippen LogP contribution is -2.48. The predicted octanol–water partition coefficient (Wildman–Crippen LogP) is 4.34. The van der Waals surface area contributed by atoms with Crippen LogP contribution in [0.15, 0.2) is 12.1 Å². The van der Waals surface area contributed by atoms with E-state index in [9.17, 15) is 19.1 Å². The molecule has 1 N–H and O–H groups in total. The average Bonchev–Trinajstić information content (AvgIpc) is 2.50. The summed E-state index contributed by atoms with van der Waals surface area (Å²) in [6.07, 6.45) is -0.209. The summed E-state index contributed by atoms with van der Waals surface area (Å²) in [5.74, 6) is -1.55. The number of carboxylic acid groups (broad SMARTS) is 1. The molecule has 2 atom stereocenters. The second kappa shape index (κ2) is 7.70. The van der Waals surface area contributed by atoms with Crippen molar-refractivity contribution in [3.63, 3.8) is 0 Å². The fourth-order valence-electron chi connectivity index (χ4n) is 2.72. The largest absolute Gasteiger partial charge is 0.487 e. The summed E-state index contributed by atoms with van der Waals surface area (Å²) < 4.78 is 25.2. The number of hydrogen-bond acceptors (Lipinski definition) is 4. The summed E-state index contributed by atoms with van der Waals surface area (Å²) in [6.45, 7) is 7.04. The lowest BCUT2D eigenvalue weighted by Gasteiger charge is -2.36. The van der Waals surface area contributed by atoms with Gasteiger partial charge in [0.05, 0.1) is 17.1 Å². The Bertz CT molecular complexity index is 704. The third-order valence-corrected chi connectivity index (χ3v) is 4.31. The Morgan fingerprint density at radius 1 is 1.31 bits per heavy atom. The van der Waals surface area contributed by atoms with Crippen molar-refractivity contribution < 1.29 is 28.6 Å². The normalized spacial score (nSPS) is 20.6. The highest BCUT2D eigenvalue weighted by Gasteiger charge is 2.31. The summed E-state index contributed by atoms with van der Waals surface area (Å²) in [4.78, 5) is 24.6. The van der Waals surface area contributed by atoms with Crippen LogP contribution in [0, 0.1) is 5.82 Å². The summed E-state index contributed by atoms with van der Waals surface area (Å²) in [6, 6.07) is 2.10. The summed E-state index contributed by atoms with van der Waals surface area (Å²) in [5, 5.41) is 9.28. The molecule has 144 valence electrons. The molecule has 1 aromatic rings. The topological polar surface area (TPSA) is 76.1 Å². The first kappa shape index (κ1) is 20.3. The molecule has 1 aliphatic rings. The van der Waals surface area contributed by atoms with E-state index in [0.717, 1.165) is 6.07 Å². The Balaban J connectivity index is 2.15. The number of nitrogens with zero attached hydrogens (tertiary/aromatic N) is 1. The van der Waals surface area contributed by atoms with Gasteiger partial charge in [0.2, 0.25) is 0 Å². The molecule has 6 nitrogen and oxygen atoms in total. The van der Waals surface area contributed by atoms with Crippen LogP contribution >= 0.6 is 11.6 Å². The number of carbonyl (C=O) groups is 2. The van der Waals surface area contributed by atoms with E-state index in [1.165, 1.54) is 11.0 Å². The molecule has 2 rings (SSSR count). The number of piperidine rings is 1. The van der Waals surface area contributed by atoms with Crippen LogP contribution in [0.4, 0.5) is 9.18 Å². The van der Waals surface area contributed by atoms with Crippen LogP contribution in [0.25, 0.3) is 0 Å². The second-order valence-electron chi connectivity index (χ2n) is 7.37. The SMILES string of the molecule is C[C@@H]1CC[C@@H](Oc2cc(F)c(C(=O)OC(C)(C)C)cc2Cl)CN1C(=O)O. The van der Waals surface area contributed by atoms with Gasteiger partial charge in [0.1, 0.15) is 23.3 Å². The summed E-state index contributed by atoms with van der Waals surface area (Å²) >= 11 is 6.13. The minimum Gasteiger partial charge on any atom is -0.487 e. The van der Waals surface area contributed by atoms with E-state index >= 15 is 0 Å². The molecule has 1 amide bonds. The molecule has 0 unspecified atom stereocenters. The van der Waals surface area contributed by atoms with Crippen molar-refractivity contribution in [2.75, 3.05) is 6.54 Å². The van der Waals surface area contributed by atoms with E-state index in [1.54, 1.807) is 20.8 Å². The van der Waals surface area contributed by atoms with Crippen LogP contribution < -0.4 is 4.74 Å². The zero-order valence-electron chi connectivity index (χ0n) is 15.2. The van der Waals surface area contributed by atoms with Crippen molar-refractivity contribution in [2.45, 2.75) is 58.3 Å². The quantitative estimate of drug-likeness (QED) is 0.780. The second-order valence-corrected chi connectivity index (χ2v) is 7.77. The molecule has 1 fully saturated rings. The van der Waals surface area contributed by atoms with Gasteiger partial charge in [-0.25, -0.2) is 14.0 Å². The van der Waals surface area contributed by atoms with E-state index < -0.39 is 29.6 Å². The molecule has 0 bridgehead atoms. The van der Waals surface area contributed by atoms with Crippen molar-refractivity contribution in [2.24, 2.45) is 0 Å². The van der Waals surface area contributed by atoms with Crippen molar-refractivity contribution in [1.29, 1.82) is 0 Å². The van der Waals surface area contributed by atoms with E-state index in [2.05, 4.69) is 0 Å².